The number of esters is 2. The summed E-state index contributed by atoms with van der Waals surface area (Å²) in [6, 6.07) is 9.07. The molecule has 0 saturated heterocycles. The fraction of sp³-hybridized carbons (Fsp3) is 0.471. The van der Waals surface area contributed by atoms with Crippen LogP contribution in [0.15, 0.2) is 30.3 Å². The van der Waals surface area contributed by atoms with Gasteiger partial charge in [-0.2, -0.15) is 0 Å². The summed E-state index contributed by atoms with van der Waals surface area (Å²) in [5, 5.41) is 0. The zero-order chi connectivity index (χ0) is 16.3. The van der Waals surface area contributed by atoms with Gasteiger partial charge in [0.2, 0.25) is 0 Å². The number of rotatable bonds is 6. The highest BCUT2D eigenvalue weighted by atomic mass is 16.6. The van der Waals surface area contributed by atoms with Gasteiger partial charge in [0.25, 0.3) is 0 Å². The molecule has 118 valence electrons. The van der Waals surface area contributed by atoms with E-state index in [2.05, 4.69) is 0 Å². The van der Waals surface area contributed by atoms with Gasteiger partial charge < -0.3 is 9.47 Å². The zero-order valence-corrected chi connectivity index (χ0v) is 13.0. The first-order valence-corrected chi connectivity index (χ1v) is 7.41. The minimum absolute atomic E-state index is 0.145. The highest BCUT2D eigenvalue weighted by Crippen LogP contribution is 2.66. The molecule has 0 spiro atoms. The molecule has 5 heteroatoms. The Labute approximate surface area is 129 Å². The molecule has 0 heterocycles. The predicted molar refractivity (Wildman–Crippen MR) is 79.1 cm³/mol. The molecule has 0 unspecified atom stereocenters. The molecule has 0 radical (unpaired) electrons. The molecule has 1 saturated carbocycles. The average molecular weight is 304 g/mol. The smallest absolute Gasteiger partial charge is 0.324 e. The van der Waals surface area contributed by atoms with Gasteiger partial charge in [-0.1, -0.05) is 30.3 Å². The average Bonchev–Trinajstić information content (AvgIpc) is 3.20. The Bertz CT molecular complexity index is 560. The van der Waals surface area contributed by atoms with Gasteiger partial charge in [0.15, 0.2) is 5.41 Å². The van der Waals surface area contributed by atoms with Gasteiger partial charge in [-0.25, -0.2) is 0 Å². The van der Waals surface area contributed by atoms with Crippen molar-refractivity contribution in [1.82, 2.24) is 0 Å². The van der Waals surface area contributed by atoms with Crippen molar-refractivity contribution < 1.29 is 23.9 Å². The molecular formula is C17H20O5. The summed E-state index contributed by atoms with van der Waals surface area (Å²) in [4.78, 5) is 36.9. The maximum atomic E-state index is 12.5. The number of carbonyl (C=O) groups excluding carboxylic acids is 3. The molecule has 1 fully saturated rings. The van der Waals surface area contributed by atoms with Gasteiger partial charge in [-0.15, -0.1) is 0 Å². The van der Waals surface area contributed by atoms with Crippen LogP contribution in [0.4, 0.5) is 0 Å². The van der Waals surface area contributed by atoms with Crippen LogP contribution in [0.3, 0.4) is 0 Å². The van der Waals surface area contributed by atoms with Crippen LogP contribution in [0.2, 0.25) is 0 Å². The fourth-order valence-electron chi connectivity index (χ4n) is 3.15. The van der Waals surface area contributed by atoms with Crippen molar-refractivity contribution in [3.63, 3.8) is 0 Å². The Morgan fingerprint density at radius 1 is 1.00 bits per heavy atom. The van der Waals surface area contributed by atoms with E-state index in [4.69, 9.17) is 9.47 Å². The summed E-state index contributed by atoms with van der Waals surface area (Å²) in [7, 11) is 0. The molecule has 22 heavy (non-hydrogen) atoms. The topological polar surface area (TPSA) is 69.7 Å². The molecule has 0 aromatic heterocycles. The van der Waals surface area contributed by atoms with E-state index < -0.39 is 29.2 Å². The molecule has 2 rings (SSSR count). The Morgan fingerprint density at radius 2 is 1.50 bits per heavy atom. The third-order valence-corrected chi connectivity index (χ3v) is 4.03. The Kier molecular flexibility index (Phi) is 4.64. The summed E-state index contributed by atoms with van der Waals surface area (Å²) >= 11 is 0. The van der Waals surface area contributed by atoms with Crippen molar-refractivity contribution in [3.05, 3.63) is 35.9 Å². The van der Waals surface area contributed by atoms with E-state index in [1.165, 1.54) is 6.92 Å². The van der Waals surface area contributed by atoms with Crippen molar-refractivity contribution in [2.45, 2.75) is 26.7 Å². The number of Topliss-reactive ketones (excluding diaryl/α,β-unsaturated/α-hetero) is 1. The zero-order valence-electron chi connectivity index (χ0n) is 13.0. The van der Waals surface area contributed by atoms with E-state index >= 15 is 0 Å². The molecule has 1 aliphatic rings. The molecule has 1 aromatic carbocycles. The van der Waals surface area contributed by atoms with E-state index in [0.29, 0.717) is 0 Å². The molecule has 0 bridgehead atoms. The lowest BCUT2D eigenvalue weighted by Gasteiger charge is -2.15. The lowest BCUT2D eigenvalue weighted by Crippen LogP contribution is -2.34. The van der Waals surface area contributed by atoms with Crippen LogP contribution in [0.5, 0.6) is 0 Å². The lowest BCUT2D eigenvalue weighted by atomic mass is 9.98. The van der Waals surface area contributed by atoms with Gasteiger partial charge in [0.05, 0.1) is 19.1 Å². The number of benzene rings is 1. The second-order valence-electron chi connectivity index (χ2n) is 5.29. The molecule has 1 aromatic rings. The van der Waals surface area contributed by atoms with Crippen LogP contribution in [0.25, 0.3) is 0 Å². The van der Waals surface area contributed by atoms with Crippen molar-refractivity contribution in [1.29, 1.82) is 0 Å². The second-order valence-corrected chi connectivity index (χ2v) is 5.29. The molecule has 2 atom stereocenters. The summed E-state index contributed by atoms with van der Waals surface area (Å²) in [5.74, 6) is -2.82. The summed E-state index contributed by atoms with van der Waals surface area (Å²) in [5.41, 5.74) is -0.775. The van der Waals surface area contributed by atoms with Crippen molar-refractivity contribution >= 4 is 17.7 Å². The van der Waals surface area contributed by atoms with Gasteiger partial charge in [-0.05, 0) is 26.3 Å². The molecule has 0 N–H and O–H groups in total. The fourth-order valence-corrected chi connectivity index (χ4v) is 3.15. The van der Waals surface area contributed by atoms with Crippen molar-refractivity contribution in [2.24, 2.45) is 11.3 Å². The minimum Gasteiger partial charge on any atom is -0.465 e. The first kappa shape index (κ1) is 16.2. The standard InChI is InChI=1S/C17H20O5/c1-4-21-15(19)17(16(20)22-5-2)13(11(3)18)14(17)12-9-7-6-8-10-12/h6-10,13-14H,4-5H2,1-3H3/t13-,14-/m1/s1. The Hall–Kier alpha value is -2.17. The van der Waals surface area contributed by atoms with Crippen LogP contribution in [-0.4, -0.2) is 30.9 Å². The molecule has 0 aliphatic heterocycles. The number of hydrogen-bond acceptors (Lipinski definition) is 5. The summed E-state index contributed by atoms with van der Waals surface area (Å²) in [6.45, 7) is 5.01. The highest BCUT2D eigenvalue weighted by Gasteiger charge is 2.78. The Balaban J connectivity index is 2.48. The third kappa shape index (κ3) is 2.40. The van der Waals surface area contributed by atoms with Crippen molar-refractivity contribution in [3.8, 4) is 0 Å². The van der Waals surface area contributed by atoms with E-state index in [0.717, 1.165) is 5.56 Å². The van der Waals surface area contributed by atoms with Gasteiger partial charge in [0, 0.05) is 5.92 Å². The highest BCUT2D eigenvalue weighted by molar-refractivity contribution is 6.12. The van der Waals surface area contributed by atoms with Gasteiger partial charge in [0.1, 0.15) is 5.78 Å². The molecular weight excluding hydrogens is 284 g/mol. The van der Waals surface area contributed by atoms with E-state index in [-0.39, 0.29) is 19.0 Å². The third-order valence-electron chi connectivity index (χ3n) is 4.03. The maximum Gasteiger partial charge on any atom is 0.324 e. The first-order valence-electron chi connectivity index (χ1n) is 7.41. The minimum atomic E-state index is -1.54. The Morgan fingerprint density at radius 3 is 1.91 bits per heavy atom. The molecule has 0 amide bonds. The first-order chi connectivity index (χ1) is 10.5. The van der Waals surface area contributed by atoms with E-state index in [1.807, 2.05) is 18.2 Å². The van der Waals surface area contributed by atoms with E-state index in [9.17, 15) is 14.4 Å². The predicted octanol–water partition coefficient (Wildman–Crippen LogP) is 2.10. The SMILES string of the molecule is CCOC(=O)C1(C(=O)OCC)[C@H](C(C)=O)[C@H]1c1ccccc1. The van der Waals surface area contributed by atoms with Crippen molar-refractivity contribution in [2.75, 3.05) is 13.2 Å². The van der Waals surface area contributed by atoms with Crippen LogP contribution in [0, 0.1) is 11.3 Å². The quantitative estimate of drug-likeness (QED) is 0.594. The maximum absolute atomic E-state index is 12.5. The number of carbonyl (C=O) groups is 3. The number of hydrogen-bond donors (Lipinski definition) is 0. The number of ketones is 1. The van der Waals surface area contributed by atoms with Crippen LogP contribution >= 0.6 is 0 Å². The largest absolute Gasteiger partial charge is 0.465 e. The molecule has 5 nitrogen and oxygen atoms in total. The van der Waals surface area contributed by atoms with Gasteiger partial charge >= 0.3 is 11.9 Å². The van der Waals surface area contributed by atoms with Crippen LogP contribution in [0.1, 0.15) is 32.3 Å². The van der Waals surface area contributed by atoms with Crippen LogP contribution < -0.4 is 0 Å². The van der Waals surface area contributed by atoms with Crippen LogP contribution in [-0.2, 0) is 23.9 Å². The molecule has 1 aliphatic carbocycles. The summed E-state index contributed by atoms with van der Waals surface area (Å²) < 4.78 is 10.2. The monoisotopic (exact) mass is 304 g/mol. The van der Waals surface area contributed by atoms with Gasteiger partial charge in [-0.3, -0.25) is 14.4 Å². The second kappa shape index (κ2) is 6.30. The lowest BCUT2D eigenvalue weighted by molar-refractivity contribution is -0.166. The normalized spacial score (nSPS) is 21.8. The number of ether oxygens (including phenoxy) is 2. The summed E-state index contributed by atoms with van der Waals surface area (Å²) in [6.07, 6.45) is 0. The van der Waals surface area contributed by atoms with E-state index in [1.54, 1.807) is 26.0 Å².